The third kappa shape index (κ3) is 4.44. The van der Waals surface area contributed by atoms with Crippen molar-refractivity contribution in [3.8, 4) is 0 Å². The minimum atomic E-state index is -4.28. The van der Waals surface area contributed by atoms with Crippen LogP contribution in [0.15, 0.2) is 46.5 Å². The topological polar surface area (TPSA) is 16.1 Å². The maximum absolute atomic E-state index is 12.3. The Balaban J connectivity index is 2.12. The molecule has 1 aliphatic rings. The van der Waals surface area contributed by atoms with Gasteiger partial charge in [-0.1, -0.05) is 6.92 Å². The molecule has 2 heterocycles. The molecular formula is C14H15F3N2S2. The van der Waals surface area contributed by atoms with E-state index in [-0.39, 0.29) is 22.7 Å². The van der Waals surface area contributed by atoms with Gasteiger partial charge in [-0.2, -0.15) is 13.2 Å². The molecule has 0 spiro atoms. The Morgan fingerprint density at radius 2 is 2.10 bits per heavy atom. The number of nitrogens with zero attached hydrogens (tertiary/aromatic N) is 2. The molecule has 21 heavy (non-hydrogen) atoms. The van der Waals surface area contributed by atoms with Gasteiger partial charge in [0.2, 0.25) is 0 Å². The predicted octanol–water partition coefficient (Wildman–Crippen LogP) is 5.05. The monoisotopic (exact) mass is 332 g/mol. The van der Waals surface area contributed by atoms with Crippen molar-refractivity contribution in [2.24, 2.45) is 0 Å². The summed E-state index contributed by atoms with van der Waals surface area (Å²) in [6.07, 6.45) is 7.14. The number of hydrogen-bond acceptors (Lipinski definition) is 4. The Hall–Kier alpha value is -1.08. The zero-order valence-corrected chi connectivity index (χ0v) is 13.2. The first-order chi connectivity index (χ1) is 9.90. The molecule has 0 radical (unpaired) electrons. The van der Waals surface area contributed by atoms with Crippen molar-refractivity contribution in [1.29, 1.82) is 0 Å². The van der Waals surface area contributed by atoms with Crippen LogP contribution in [0.2, 0.25) is 0 Å². The lowest BCUT2D eigenvalue weighted by molar-refractivity contribution is -0.0328. The highest BCUT2D eigenvalue weighted by Gasteiger charge is 2.29. The summed E-state index contributed by atoms with van der Waals surface area (Å²) in [6.45, 7) is 4.14. The average Bonchev–Trinajstić information content (AvgIpc) is 2.41. The predicted molar refractivity (Wildman–Crippen MR) is 83.4 cm³/mol. The van der Waals surface area contributed by atoms with Gasteiger partial charge in [0, 0.05) is 22.2 Å². The average molecular weight is 332 g/mol. The zero-order chi connectivity index (χ0) is 15.5. The van der Waals surface area contributed by atoms with E-state index in [1.807, 2.05) is 17.2 Å². The van der Waals surface area contributed by atoms with Gasteiger partial charge >= 0.3 is 5.51 Å². The first kappa shape index (κ1) is 16.3. The summed E-state index contributed by atoms with van der Waals surface area (Å²) in [5, 5.41) is 0. The number of rotatable bonds is 4. The van der Waals surface area contributed by atoms with E-state index in [2.05, 4.69) is 24.9 Å². The number of aromatic nitrogens is 1. The maximum atomic E-state index is 12.3. The van der Waals surface area contributed by atoms with E-state index in [0.717, 1.165) is 5.75 Å². The molecule has 0 bridgehead atoms. The summed E-state index contributed by atoms with van der Waals surface area (Å²) in [6, 6.07) is 3.20. The third-order valence-corrected chi connectivity index (χ3v) is 4.67. The van der Waals surface area contributed by atoms with Crippen LogP contribution in [0.25, 0.3) is 0 Å². The lowest BCUT2D eigenvalue weighted by atomic mass is 10.2. The van der Waals surface area contributed by atoms with Crippen LogP contribution >= 0.6 is 23.5 Å². The number of pyridine rings is 1. The fourth-order valence-corrected chi connectivity index (χ4v) is 3.34. The molecule has 1 aromatic rings. The van der Waals surface area contributed by atoms with Gasteiger partial charge in [0.15, 0.2) is 0 Å². The minimum absolute atomic E-state index is 0.0959. The van der Waals surface area contributed by atoms with Gasteiger partial charge in [-0.15, -0.1) is 11.8 Å². The largest absolute Gasteiger partial charge is 0.446 e. The highest BCUT2D eigenvalue weighted by Crippen LogP contribution is 2.37. The smallest absolute Gasteiger partial charge is 0.325 e. The quantitative estimate of drug-likeness (QED) is 0.717. The van der Waals surface area contributed by atoms with E-state index in [1.165, 1.54) is 17.2 Å². The molecule has 1 aliphatic heterocycles. The first-order valence-electron chi connectivity index (χ1n) is 6.42. The first-order valence-corrected chi connectivity index (χ1v) is 8.22. The lowest BCUT2D eigenvalue weighted by Gasteiger charge is -2.30. The van der Waals surface area contributed by atoms with E-state index in [4.69, 9.17) is 0 Å². The van der Waals surface area contributed by atoms with Crippen molar-refractivity contribution in [2.75, 3.05) is 10.7 Å². The number of anilines is 1. The van der Waals surface area contributed by atoms with Crippen LogP contribution in [0, 0.1) is 0 Å². The zero-order valence-electron chi connectivity index (χ0n) is 11.6. The molecule has 2 rings (SSSR count). The van der Waals surface area contributed by atoms with E-state index in [9.17, 15) is 13.2 Å². The van der Waals surface area contributed by atoms with Crippen molar-refractivity contribution in [2.45, 2.75) is 30.3 Å². The van der Waals surface area contributed by atoms with Gasteiger partial charge in [-0.3, -0.25) is 0 Å². The summed E-state index contributed by atoms with van der Waals surface area (Å²) in [7, 11) is 0. The second-order valence-corrected chi connectivity index (χ2v) is 6.80. The summed E-state index contributed by atoms with van der Waals surface area (Å²) < 4.78 is 36.9. The van der Waals surface area contributed by atoms with Crippen molar-refractivity contribution < 1.29 is 13.2 Å². The van der Waals surface area contributed by atoms with Gasteiger partial charge in [-0.25, -0.2) is 4.98 Å². The summed E-state index contributed by atoms with van der Waals surface area (Å²) in [5.74, 6) is 1.62. The molecule has 0 N–H and O–H groups in total. The third-order valence-electron chi connectivity index (χ3n) is 2.87. The van der Waals surface area contributed by atoms with Gasteiger partial charge < -0.3 is 4.90 Å². The van der Waals surface area contributed by atoms with Crippen LogP contribution in [0.3, 0.4) is 0 Å². The molecule has 0 amide bonds. The van der Waals surface area contributed by atoms with Gasteiger partial charge in [0.05, 0.1) is 6.04 Å². The van der Waals surface area contributed by atoms with Crippen molar-refractivity contribution in [1.82, 2.24) is 4.98 Å². The Morgan fingerprint density at radius 3 is 2.67 bits per heavy atom. The number of thioether (sulfide) groups is 2. The Bertz CT molecular complexity index is 538. The van der Waals surface area contributed by atoms with Crippen LogP contribution in [0.1, 0.15) is 13.8 Å². The van der Waals surface area contributed by atoms with Gasteiger partial charge in [0.1, 0.15) is 5.82 Å². The molecule has 7 heteroatoms. The SMILES string of the molecule is CCSC1=CC=CN(c2ccc(SC(F)(F)F)cn2)C1C. The van der Waals surface area contributed by atoms with E-state index >= 15 is 0 Å². The van der Waals surface area contributed by atoms with E-state index in [0.29, 0.717) is 5.82 Å². The van der Waals surface area contributed by atoms with Crippen molar-refractivity contribution in [3.05, 3.63) is 41.6 Å². The molecule has 0 fully saturated rings. The molecule has 114 valence electrons. The molecule has 0 saturated heterocycles. The van der Waals surface area contributed by atoms with Crippen molar-refractivity contribution >= 4 is 29.3 Å². The normalized spacial score (nSPS) is 18.8. The van der Waals surface area contributed by atoms with E-state index in [1.54, 1.807) is 17.8 Å². The maximum Gasteiger partial charge on any atom is 0.446 e. The van der Waals surface area contributed by atoms with Crippen LogP contribution in [0.4, 0.5) is 19.0 Å². The lowest BCUT2D eigenvalue weighted by Crippen LogP contribution is -2.31. The molecule has 1 aromatic heterocycles. The van der Waals surface area contributed by atoms with Crippen LogP contribution < -0.4 is 4.90 Å². The second-order valence-electron chi connectivity index (χ2n) is 4.33. The molecule has 1 atom stereocenters. The number of hydrogen-bond donors (Lipinski definition) is 0. The molecule has 2 nitrogen and oxygen atoms in total. The highest BCUT2D eigenvalue weighted by molar-refractivity contribution is 8.03. The Labute approximate surface area is 130 Å². The Morgan fingerprint density at radius 1 is 1.33 bits per heavy atom. The molecule has 0 aromatic carbocycles. The number of halogens is 3. The van der Waals surface area contributed by atoms with Crippen molar-refractivity contribution in [3.63, 3.8) is 0 Å². The van der Waals surface area contributed by atoms with E-state index < -0.39 is 5.51 Å². The summed E-state index contributed by atoms with van der Waals surface area (Å²) >= 11 is 1.61. The van der Waals surface area contributed by atoms with Gasteiger partial charge in [0.25, 0.3) is 0 Å². The van der Waals surface area contributed by atoms with Crippen LogP contribution in [0.5, 0.6) is 0 Å². The molecule has 0 aliphatic carbocycles. The standard InChI is InChI=1S/C14H15F3N2S2/c1-3-20-12-5-4-8-19(10(12)2)13-7-6-11(9-18-13)21-14(15,16)17/h4-10H,3H2,1-2H3. The fraction of sp³-hybridized carbons (Fsp3) is 0.357. The number of allylic oxidation sites excluding steroid dienone is 2. The van der Waals surface area contributed by atoms with Gasteiger partial charge in [-0.05, 0) is 48.7 Å². The highest BCUT2D eigenvalue weighted by atomic mass is 32.2. The van der Waals surface area contributed by atoms with Crippen LogP contribution in [-0.4, -0.2) is 22.3 Å². The van der Waals surface area contributed by atoms with Crippen LogP contribution in [-0.2, 0) is 0 Å². The fourth-order valence-electron chi connectivity index (χ4n) is 1.97. The number of alkyl halides is 3. The summed E-state index contributed by atoms with van der Waals surface area (Å²) in [4.78, 5) is 7.42. The molecule has 0 saturated carbocycles. The summed E-state index contributed by atoms with van der Waals surface area (Å²) in [5.41, 5.74) is -4.28. The molecule has 1 unspecified atom stereocenters. The molecular weight excluding hydrogens is 317 g/mol. The second kappa shape index (κ2) is 6.79. The Kier molecular flexibility index (Phi) is 5.27. The minimum Gasteiger partial charge on any atom is -0.325 e.